The summed E-state index contributed by atoms with van der Waals surface area (Å²) < 4.78 is 26.5. The molecular formula is H10NaO12P3S. The van der Waals surface area contributed by atoms with Gasteiger partial charge in [-0.05, 0) is 0 Å². The third-order valence-corrected chi connectivity index (χ3v) is 0. The number of rotatable bonds is 0. The van der Waals surface area contributed by atoms with Crippen LogP contribution in [-0.2, 0) is 13.7 Å². The van der Waals surface area contributed by atoms with Crippen LogP contribution in [0.5, 0.6) is 0 Å². The van der Waals surface area contributed by atoms with Gasteiger partial charge in [0.2, 0.25) is 0 Å². The van der Waals surface area contributed by atoms with Crippen molar-refractivity contribution in [3.63, 3.8) is 0 Å². The third-order valence-electron chi connectivity index (χ3n) is 0. The van der Waals surface area contributed by atoms with Gasteiger partial charge in [0, 0.05) is 0 Å². The van der Waals surface area contributed by atoms with Crippen LogP contribution in [0, 0.1) is 0 Å². The zero-order valence-corrected chi connectivity index (χ0v) is 13.7. The smallest absolute Gasteiger partial charge is 0.756 e. The van der Waals surface area contributed by atoms with Gasteiger partial charge in [0.05, 0.1) is 0 Å². The fourth-order valence-electron chi connectivity index (χ4n) is 0. The van der Waals surface area contributed by atoms with Crippen LogP contribution in [0.1, 0.15) is 0 Å². The predicted octanol–water partition coefficient (Wildman–Crippen LogP) is -6.30. The second kappa shape index (κ2) is 12.7. The van der Waals surface area contributed by atoms with Gasteiger partial charge in [0.1, 0.15) is 0 Å². The Labute approximate surface area is 124 Å². The van der Waals surface area contributed by atoms with Crippen molar-refractivity contribution in [2.24, 2.45) is 0 Å². The standard InChI is InChI=1S/Na.3H3O4P.H2S/c;3*1-5(2,3)4;/h;3*(H3,1,2,3,4);1H2/q+1;;;;/p-1. The van der Waals surface area contributed by atoms with Crippen LogP contribution in [0.15, 0.2) is 0 Å². The molecule has 0 fully saturated rings. The molecule has 0 saturated heterocycles. The van der Waals surface area contributed by atoms with Crippen molar-refractivity contribution in [1.29, 1.82) is 0 Å². The van der Waals surface area contributed by atoms with E-state index in [0.29, 0.717) is 0 Å². The molecule has 17 heavy (non-hydrogen) atoms. The number of hydrogen-bond donors (Lipinski definition) is 8. The minimum absolute atomic E-state index is 0. The minimum Gasteiger partial charge on any atom is -0.756 e. The number of phosphoric acid groups is 3. The minimum atomic E-state index is -4.89. The Hall–Kier alpha value is 1.68. The molecule has 0 aliphatic rings. The van der Waals surface area contributed by atoms with Crippen LogP contribution in [0.3, 0.4) is 0 Å². The van der Waals surface area contributed by atoms with Gasteiger partial charge in [-0.3, -0.25) is 4.57 Å². The molecule has 8 N–H and O–H groups in total. The molecule has 0 aliphatic carbocycles. The molecule has 0 bridgehead atoms. The first kappa shape index (κ1) is 31.2. The summed E-state index contributed by atoms with van der Waals surface area (Å²) in [7, 11) is -14.2. The van der Waals surface area contributed by atoms with Gasteiger partial charge in [0.15, 0.2) is 0 Å². The molecule has 0 radical (unpaired) electrons. The van der Waals surface area contributed by atoms with E-state index in [-0.39, 0.29) is 43.1 Å². The molecule has 0 aromatic rings. The SMILES string of the molecule is O=P(O)(O)O.O=P(O)(O)O.O=P([O-])(O)O.S.[Na+]. The first-order valence-corrected chi connectivity index (χ1v) is 6.99. The van der Waals surface area contributed by atoms with Crippen LogP contribution in [0.2, 0.25) is 0 Å². The van der Waals surface area contributed by atoms with Crippen molar-refractivity contribution in [1.82, 2.24) is 0 Å². The molecule has 0 amide bonds. The third kappa shape index (κ3) is 1540. The Morgan fingerprint density at radius 2 is 0.647 bits per heavy atom. The topological polar surface area (TPSA) is 236 Å². The summed E-state index contributed by atoms with van der Waals surface area (Å²) in [6.45, 7) is 0. The monoisotopic (exact) mass is 350 g/mol. The van der Waals surface area contributed by atoms with E-state index >= 15 is 0 Å². The van der Waals surface area contributed by atoms with E-state index in [1.807, 2.05) is 0 Å². The first-order chi connectivity index (χ1) is 6.00. The normalized spacial score (nSPS) is 10.4. The molecule has 0 unspecified atom stereocenters. The zero-order valence-electron chi connectivity index (χ0n) is 8.05. The van der Waals surface area contributed by atoms with Crippen LogP contribution < -0.4 is 34.5 Å². The van der Waals surface area contributed by atoms with Crippen molar-refractivity contribution in [2.75, 3.05) is 0 Å². The van der Waals surface area contributed by atoms with Crippen LogP contribution >= 0.6 is 37.0 Å². The molecule has 0 aromatic carbocycles. The summed E-state index contributed by atoms with van der Waals surface area (Å²) in [5, 5.41) is 0. The molecule has 0 heterocycles. The summed E-state index contributed by atoms with van der Waals surface area (Å²) in [6.07, 6.45) is 0. The maximum Gasteiger partial charge on any atom is 1.00 e. The molecule has 0 aliphatic heterocycles. The van der Waals surface area contributed by atoms with E-state index in [4.69, 9.17) is 57.7 Å². The maximum atomic E-state index is 8.88. The Morgan fingerprint density at radius 3 is 0.647 bits per heavy atom. The Balaban J connectivity index is -0.0000000400. The second-order valence-corrected chi connectivity index (χ2v) is 4.55. The van der Waals surface area contributed by atoms with Crippen LogP contribution in [0.25, 0.3) is 0 Å². The largest absolute Gasteiger partial charge is 1.00 e. The van der Waals surface area contributed by atoms with E-state index in [1.54, 1.807) is 0 Å². The van der Waals surface area contributed by atoms with E-state index in [2.05, 4.69) is 0 Å². The fourth-order valence-corrected chi connectivity index (χ4v) is 0. The zero-order chi connectivity index (χ0) is 13.5. The van der Waals surface area contributed by atoms with E-state index in [0.717, 1.165) is 0 Å². The van der Waals surface area contributed by atoms with E-state index < -0.39 is 23.5 Å². The summed E-state index contributed by atoms with van der Waals surface area (Å²) in [4.78, 5) is 66.0. The quantitative estimate of drug-likeness (QED) is 0.150. The summed E-state index contributed by atoms with van der Waals surface area (Å²) in [6, 6.07) is 0. The maximum absolute atomic E-state index is 8.88. The Kier molecular flexibility index (Phi) is 23.3. The van der Waals surface area contributed by atoms with Gasteiger partial charge in [-0.1, -0.05) is 0 Å². The molecule has 0 aromatic heterocycles. The van der Waals surface area contributed by atoms with Crippen molar-refractivity contribution in [2.45, 2.75) is 0 Å². The van der Waals surface area contributed by atoms with Crippen molar-refractivity contribution in [3.05, 3.63) is 0 Å². The van der Waals surface area contributed by atoms with E-state index in [9.17, 15) is 0 Å². The molecule has 12 nitrogen and oxygen atoms in total. The van der Waals surface area contributed by atoms with Crippen LogP contribution in [0.4, 0.5) is 0 Å². The molecule has 0 rings (SSSR count). The van der Waals surface area contributed by atoms with Gasteiger partial charge in [0.25, 0.3) is 7.82 Å². The average molecular weight is 350 g/mol. The van der Waals surface area contributed by atoms with Crippen molar-refractivity contribution in [3.8, 4) is 0 Å². The fraction of sp³-hybridized carbons (Fsp3) is 0. The Morgan fingerprint density at radius 1 is 0.647 bits per heavy atom. The molecule has 0 spiro atoms. The van der Waals surface area contributed by atoms with Crippen LogP contribution in [-0.4, -0.2) is 39.1 Å². The summed E-state index contributed by atoms with van der Waals surface area (Å²) in [5.41, 5.74) is 0. The van der Waals surface area contributed by atoms with E-state index in [1.165, 1.54) is 0 Å². The molecule has 0 saturated carbocycles. The number of hydrogen-bond acceptors (Lipinski definition) is 4. The average Bonchev–Trinajstić information content (AvgIpc) is 1.41. The van der Waals surface area contributed by atoms with Crippen molar-refractivity contribution >= 4 is 37.0 Å². The molecular weight excluding hydrogens is 340 g/mol. The van der Waals surface area contributed by atoms with Gasteiger partial charge >= 0.3 is 45.2 Å². The van der Waals surface area contributed by atoms with Gasteiger partial charge in [-0.15, -0.1) is 0 Å². The van der Waals surface area contributed by atoms with Gasteiger partial charge in [-0.25, -0.2) is 9.13 Å². The van der Waals surface area contributed by atoms with Gasteiger partial charge in [-0.2, -0.15) is 13.5 Å². The molecule has 104 valence electrons. The molecule has 17 heteroatoms. The summed E-state index contributed by atoms with van der Waals surface area (Å²) >= 11 is 0. The summed E-state index contributed by atoms with van der Waals surface area (Å²) in [5.74, 6) is 0. The second-order valence-electron chi connectivity index (χ2n) is 1.52. The molecule has 0 atom stereocenters. The van der Waals surface area contributed by atoms with Crippen molar-refractivity contribution < 1.29 is 87.3 Å². The first-order valence-electron chi connectivity index (χ1n) is 2.33. The predicted molar refractivity (Wildman–Crippen MR) is 51.0 cm³/mol. The van der Waals surface area contributed by atoms with Gasteiger partial charge < -0.3 is 44.0 Å². The Bertz CT molecular complexity index is 208.